The zero-order chi connectivity index (χ0) is 20.5. The number of nitrogens with zero attached hydrogens (tertiary/aromatic N) is 3. The third-order valence-corrected chi connectivity index (χ3v) is 5.25. The van der Waals surface area contributed by atoms with Gasteiger partial charge >= 0.3 is 0 Å². The first-order valence-electron chi connectivity index (χ1n) is 10.4. The van der Waals surface area contributed by atoms with Gasteiger partial charge < -0.3 is 15.8 Å². The van der Waals surface area contributed by atoms with Crippen LogP contribution in [0.25, 0.3) is 0 Å². The van der Waals surface area contributed by atoms with E-state index in [-0.39, 0.29) is 5.95 Å². The fraction of sp³-hybridized carbons (Fsp3) is 0.435. The Morgan fingerprint density at radius 1 is 1.24 bits per heavy atom. The molecule has 2 atom stereocenters. The molecule has 0 spiro atoms. The molecule has 29 heavy (non-hydrogen) atoms. The number of hydrogen-bond donors (Lipinski definition) is 2. The highest BCUT2D eigenvalue weighted by molar-refractivity contribution is 5.69. The molecule has 3 N–H and O–H groups in total. The van der Waals surface area contributed by atoms with Gasteiger partial charge in [0.05, 0.1) is 6.20 Å². The Morgan fingerprint density at radius 3 is 2.86 bits per heavy atom. The topological polar surface area (TPSA) is 85.4 Å². The summed E-state index contributed by atoms with van der Waals surface area (Å²) in [5, 5.41) is 3.29. The molecule has 0 saturated carbocycles. The van der Waals surface area contributed by atoms with Crippen LogP contribution in [0.3, 0.4) is 0 Å². The molecule has 0 fully saturated rings. The van der Waals surface area contributed by atoms with E-state index in [0.717, 1.165) is 32.2 Å². The molecule has 6 heteroatoms. The van der Waals surface area contributed by atoms with Crippen LogP contribution in [-0.2, 0) is 0 Å². The Kier molecular flexibility index (Phi) is 7.61. The van der Waals surface area contributed by atoms with Crippen molar-refractivity contribution in [1.82, 2.24) is 9.97 Å². The van der Waals surface area contributed by atoms with Gasteiger partial charge in [0, 0.05) is 24.9 Å². The van der Waals surface area contributed by atoms with Crippen molar-refractivity contribution in [3.05, 3.63) is 53.9 Å². The van der Waals surface area contributed by atoms with Crippen molar-refractivity contribution in [3.8, 4) is 5.75 Å². The number of hydrogen-bond acceptors (Lipinski definition) is 6. The fourth-order valence-electron chi connectivity index (χ4n) is 3.38. The summed E-state index contributed by atoms with van der Waals surface area (Å²) in [7, 11) is 0. The van der Waals surface area contributed by atoms with Gasteiger partial charge in [0.2, 0.25) is 5.95 Å². The van der Waals surface area contributed by atoms with E-state index in [1.54, 1.807) is 6.20 Å². The van der Waals surface area contributed by atoms with Gasteiger partial charge in [-0.1, -0.05) is 50.6 Å². The maximum absolute atomic E-state index is 6.04. The predicted octanol–water partition coefficient (Wildman–Crippen LogP) is 4.82. The number of rotatable bonds is 11. The van der Waals surface area contributed by atoms with Crippen LogP contribution in [-0.4, -0.2) is 29.3 Å². The second kappa shape index (κ2) is 10.6. The highest BCUT2D eigenvalue weighted by Crippen LogP contribution is 2.29. The van der Waals surface area contributed by atoms with Crippen molar-refractivity contribution in [3.63, 3.8) is 0 Å². The van der Waals surface area contributed by atoms with Crippen molar-refractivity contribution in [2.24, 2.45) is 10.9 Å². The van der Waals surface area contributed by atoms with E-state index in [1.165, 1.54) is 11.1 Å². The molecule has 0 aliphatic carbocycles. The summed E-state index contributed by atoms with van der Waals surface area (Å²) in [5.41, 5.74) is 8.30. The van der Waals surface area contributed by atoms with Crippen molar-refractivity contribution >= 4 is 18.0 Å². The Balaban J connectivity index is 1.54. The average Bonchev–Trinajstić information content (AvgIpc) is 3.19. The second-order valence-electron chi connectivity index (χ2n) is 7.51. The summed E-state index contributed by atoms with van der Waals surface area (Å²) < 4.78 is 6.04. The van der Waals surface area contributed by atoms with Crippen LogP contribution in [0.5, 0.6) is 5.75 Å². The molecule has 1 aromatic carbocycles. The number of nitrogen functional groups attached to an aromatic ring is 1. The molecular formula is C23H31N5O. The van der Waals surface area contributed by atoms with Crippen LogP contribution in [0.2, 0.25) is 0 Å². The van der Waals surface area contributed by atoms with Gasteiger partial charge in [-0.3, -0.25) is 4.99 Å². The summed E-state index contributed by atoms with van der Waals surface area (Å²) >= 11 is 0. The largest absolute Gasteiger partial charge is 0.484 e. The van der Waals surface area contributed by atoms with Crippen molar-refractivity contribution in [1.29, 1.82) is 0 Å². The zero-order valence-electron chi connectivity index (χ0n) is 17.3. The van der Waals surface area contributed by atoms with E-state index < -0.39 is 0 Å². The monoisotopic (exact) mass is 393 g/mol. The van der Waals surface area contributed by atoms with Crippen LogP contribution in [0, 0.1) is 5.92 Å². The fourth-order valence-corrected chi connectivity index (χ4v) is 3.38. The Morgan fingerprint density at radius 2 is 2.07 bits per heavy atom. The molecule has 154 valence electrons. The van der Waals surface area contributed by atoms with Crippen LogP contribution in [0.1, 0.15) is 51.0 Å². The first-order valence-corrected chi connectivity index (χ1v) is 10.4. The highest BCUT2D eigenvalue weighted by Gasteiger charge is 2.19. The van der Waals surface area contributed by atoms with E-state index in [2.05, 4.69) is 64.5 Å². The molecule has 2 unspecified atom stereocenters. The Labute approximate surface area is 173 Å². The van der Waals surface area contributed by atoms with Crippen molar-refractivity contribution in [2.75, 3.05) is 24.2 Å². The van der Waals surface area contributed by atoms with E-state index in [9.17, 15) is 0 Å². The summed E-state index contributed by atoms with van der Waals surface area (Å²) in [6, 6.07) is 10.7. The van der Waals surface area contributed by atoms with E-state index in [4.69, 9.17) is 10.5 Å². The molecule has 2 heterocycles. The van der Waals surface area contributed by atoms with Crippen molar-refractivity contribution < 1.29 is 4.74 Å². The van der Waals surface area contributed by atoms with Crippen LogP contribution in [0.15, 0.2) is 53.3 Å². The molecule has 1 aliphatic heterocycles. The normalized spacial score (nSPS) is 16.5. The van der Waals surface area contributed by atoms with Gasteiger partial charge in [-0.05, 0) is 36.3 Å². The molecule has 1 aliphatic rings. The Hall–Kier alpha value is -2.89. The third kappa shape index (κ3) is 6.04. The molecule has 0 bridgehead atoms. The standard InChI is InChI=1S/C23H31N5O/c1-3-4-12-26-22-21(15-27-23(24)28-22)29-16-20-14-25-13-19(20)11-10-17(2)18-8-6-5-7-9-18/h5-9,13-15,17,19H,3-4,10-12,16H2,1-2H3,(H3,24,26,27,28). The van der Waals surface area contributed by atoms with Gasteiger partial charge in [-0.15, -0.1) is 0 Å². The summed E-state index contributed by atoms with van der Waals surface area (Å²) in [6.07, 6.45) is 9.90. The highest BCUT2D eigenvalue weighted by atomic mass is 16.5. The van der Waals surface area contributed by atoms with Crippen LogP contribution in [0.4, 0.5) is 11.8 Å². The van der Waals surface area contributed by atoms with E-state index in [0.29, 0.717) is 30.0 Å². The molecule has 0 amide bonds. The maximum Gasteiger partial charge on any atom is 0.222 e. The lowest BCUT2D eigenvalue weighted by Crippen LogP contribution is -2.13. The first kappa shape index (κ1) is 20.8. The number of benzene rings is 1. The third-order valence-electron chi connectivity index (χ3n) is 5.25. The lowest BCUT2D eigenvalue weighted by molar-refractivity contribution is 0.339. The minimum Gasteiger partial charge on any atom is -0.484 e. The number of aromatic nitrogens is 2. The molecular weight excluding hydrogens is 362 g/mol. The smallest absolute Gasteiger partial charge is 0.222 e. The van der Waals surface area contributed by atoms with Gasteiger partial charge in [0.15, 0.2) is 11.6 Å². The second-order valence-corrected chi connectivity index (χ2v) is 7.51. The first-order chi connectivity index (χ1) is 14.2. The molecule has 1 aromatic heterocycles. The number of ether oxygens (including phenoxy) is 1. The van der Waals surface area contributed by atoms with E-state index in [1.807, 2.05) is 12.4 Å². The molecule has 0 radical (unpaired) electrons. The molecule has 2 aromatic rings. The quantitative estimate of drug-likeness (QED) is 0.535. The average molecular weight is 394 g/mol. The van der Waals surface area contributed by atoms with Crippen LogP contribution < -0.4 is 15.8 Å². The van der Waals surface area contributed by atoms with Crippen molar-refractivity contribution in [2.45, 2.75) is 45.4 Å². The van der Waals surface area contributed by atoms with Gasteiger partial charge in [0.1, 0.15) is 6.61 Å². The molecule has 6 nitrogen and oxygen atoms in total. The lowest BCUT2D eigenvalue weighted by Gasteiger charge is -2.18. The summed E-state index contributed by atoms with van der Waals surface area (Å²) in [5.74, 6) is 2.35. The van der Waals surface area contributed by atoms with Crippen LogP contribution >= 0.6 is 0 Å². The number of nitrogens with two attached hydrogens (primary N) is 1. The lowest BCUT2D eigenvalue weighted by atomic mass is 9.90. The zero-order valence-corrected chi connectivity index (χ0v) is 17.3. The van der Waals surface area contributed by atoms with Gasteiger partial charge in [0.25, 0.3) is 0 Å². The minimum absolute atomic E-state index is 0.243. The molecule has 3 rings (SSSR count). The summed E-state index contributed by atoms with van der Waals surface area (Å²) in [6.45, 7) is 5.73. The number of unbranched alkanes of at least 4 members (excludes halogenated alkanes) is 1. The number of anilines is 2. The SMILES string of the molecule is CCCCNc1nc(N)ncc1OCC1=CN=CC1CCC(C)c1ccccc1. The number of nitrogens with one attached hydrogen (secondary N) is 1. The molecule has 0 saturated heterocycles. The number of aliphatic imine (C=N–C) groups is 1. The minimum atomic E-state index is 0.243. The van der Waals surface area contributed by atoms with Gasteiger partial charge in [-0.25, -0.2) is 4.98 Å². The van der Waals surface area contributed by atoms with Gasteiger partial charge in [-0.2, -0.15) is 4.98 Å². The predicted molar refractivity (Wildman–Crippen MR) is 119 cm³/mol. The Bertz CT molecular complexity index is 834. The maximum atomic E-state index is 6.04. The summed E-state index contributed by atoms with van der Waals surface area (Å²) in [4.78, 5) is 12.7. The van der Waals surface area contributed by atoms with E-state index >= 15 is 0 Å².